The Kier molecular flexibility index (Phi) is 6.31. The number of benzene rings is 2. The Bertz CT molecular complexity index is 1010. The summed E-state index contributed by atoms with van der Waals surface area (Å²) < 4.78 is 6.82. The fraction of sp³-hybridized carbons (Fsp3) is 0.364. The zero-order valence-electron chi connectivity index (χ0n) is 15.9. The highest BCUT2D eigenvalue weighted by molar-refractivity contribution is 7.18. The third-order valence-electron chi connectivity index (χ3n) is 5.20. The lowest BCUT2D eigenvalue weighted by atomic mass is 9.97. The molecule has 0 spiro atoms. The molecule has 2 heterocycles. The third-order valence-corrected chi connectivity index (χ3v) is 6.63. The number of ether oxygens (including phenoxy) is 1. The molecule has 1 aliphatic heterocycles. The Hall–Kier alpha value is -2.17. The van der Waals surface area contributed by atoms with E-state index in [9.17, 15) is 5.11 Å². The topological polar surface area (TPSA) is 69.4 Å². The summed E-state index contributed by atoms with van der Waals surface area (Å²) in [5, 5.41) is 21.1. The van der Waals surface area contributed by atoms with Gasteiger partial charge in [0.05, 0.1) is 26.9 Å². The highest BCUT2D eigenvalue weighted by Crippen LogP contribution is 2.34. The van der Waals surface area contributed by atoms with Crippen molar-refractivity contribution < 1.29 is 9.84 Å². The molecular formula is C22H22ClN3O2S. The van der Waals surface area contributed by atoms with Crippen molar-refractivity contribution in [3.63, 3.8) is 0 Å². The van der Waals surface area contributed by atoms with Gasteiger partial charge in [-0.2, -0.15) is 5.26 Å². The first kappa shape index (κ1) is 20.1. The normalized spacial score (nSPS) is 16.6. The molecule has 1 atom stereocenters. The number of hydrogen-bond acceptors (Lipinski definition) is 6. The van der Waals surface area contributed by atoms with Gasteiger partial charge in [0.25, 0.3) is 0 Å². The predicted molar refractivity (Wildman–Crippen MR) is 116 cm³/mol. The number of piperidine rings is 1. The lowest BCUT2D eigenvalue weighted by molar-refractivity contribution is 0.0594. The van der Waals surface area contributed by atoms with Gasteiger partial charge in [-0.15, -0.1) is 11.3 Å². The third kappa shape index (κ3) is 5.06. The van der Waals surface area contributed by atoms with Gasteiger partial charge >= 0.3 is 0 Å². The molecule has 7 heteroatoms. The number of aliphatic hydroxyl groups excluding tert-OH is 1. The van der Waals surface area contributed by atoms with Crippen LogP contribution >= 0.6 is 22.9 Å². The van der Waals surface area contributed by atoms with E-state index in [1.165, 1.54) is 9.71 Å². The van der Waals surface area contributed by atoms with Gasteiger partial charge in [-0.1, -0.05) is 11.6 Å². The van der Waals surface area contributed by atoms with E-state index in [2.05, 4.69) is 11.0 Å². The van der Waals surface area contributed by atoms with Crippen molar-refractivity contribution >= 4 is 33.2 Å². The quantitative estimate of drug-likeness (QED) is 0.629. The second-order valence-electron chi connectivity index (χ2n) is 7.34. The fourth-order valence-corrected chi connectivity index (χ4v) is 4.91. The summed E-state index contributed by atoms with van der Waals surface area (Å²) in [6, 6.07) is 14.9. The first-order chi connectivity index (χ1) is 14.1. The minimum atomic E-state index is -0.549. The number of thiazole rings is 1. The van der Waals surface area contributed by atoms with Gasteiger partial charge in [0, 0.05) is 17.5 Å². The van der Waals surface area contributed by atoms with Gasteiger partial charge in [-0.05, 0) is 68.4 Å². The number of rotatable bonds is 6. The average molecular weight is 428 g/mol. The molecule has 1 N–H and O–H groups in total. The Morgan fingerprint density at radius 1 is 1.24 bits per heavy atom. The highest BCUT2D eigenvalue weighted by Gasteiger charge is 2.24. The van der Waals surface area contributed by atoms with Gasteiger partial charge in [-0.25, -0.2) is 4.98 Å². The summed E-state index contributed by atoms with van der Waals surface area (Å²) in [5.41, 5.74) is 1.58. The number of aliphatic hydroxyl groups is 1. The summed E-state index contributed by atoms with van der Waals surface area (Å²) >= 11 is 7.83. The highest BCUT2D eigenvalue weighted by atomic mass is 35.5. The zero-order chi connectivity index (χ0) is 20.2. The van der Waals surface area contributed by atoms with Crippen molar-refractivity contribution in [1.82, 2.24) is 9.88 Å². The summed E-state index contributed by atoms with van der Waals surface area (Å²) in [6.07, 6.45) is 1.53. The molecule has 1 aliphatic rings. The molecule has 1 unspecified atom stereocenters. The van der Waals surface area contributed by atoms with Gasteiger partial charge < -0.3 is 14.7 Å². The molecule has 0 radical (unpaired) electrons. The Morgan fingerprint density at radius 2 is 2.00 bits per heavy atom. The first-order valence-corrected chi connectivity index (χ1v) is 10.9. The molecule has 0 saturated carbocycles. The lowest BCUT2D eigenvalue weighted by Gasteiger charge is -2.32. The van der Waals surface area contributed by atoms with Crippen LogP contribution < -0.4 is 4.74 Å². The summed E-state index contributed by atoms with van der Waals surface area (Å²) in [6.45, 7) is 2.72. The van der Waals surface area contributed by atoms with Crippen LogP contribution in [0.3, 0.4) is 0 Å². The molecule has 1 fully saturated rings. The average Bonchev–Trinajstić information content (AvgIpc) is 3.16. The van der Waals surface area contributed by atoms with Gasteiger partial charge in [0.2, 0.25) is 0 Å². The molecule has 0 bridgehead atoms. The molecular weight excluding hydrogens is 406 g/mol. The number of fused-ring (bicyclic) bond motifs is 1. The standard InChI is InChI=1S/C22H22ClN3O2S/c23-17-3-6-21-20(11-17)25-22(29-21)16-7-9-26(10-8-16)13-18(27)14-28-19-4-1-15(12-24)2-5-19/h1-6,11,16,18,27H,7-10,13-14H2. The van der Waals surface area contributed by atoms with Crippen molar-refractivity contribution in [3.05, 3.63) is 58.1 Å². The number of nitrogens with zero attached hydrogens (tertiary/aromatic N) is 3. The minimum absolute atomic E-state index is 0.241. The van der Waals surface area contributed by atoms with Gasteiger partial charge in [0.15, 0.2) is 0 Å². The van der Waals surface area contributed by atoms with E-state index < -0.39 is 6.10 Å². The summed E-state index contributed by atoms with van der Waals surface area (Å²) in [4.78, 5) is 7.07. The van der Waals surface area contributed by atoms with Crippen molar-refractivity contribution in [2.75, 3.05) is 26.2 Å². The first-order valence-electron chi connectivity index (χ1n) is 9.70. The van der Waals surface area contributed by atoms with Crippen molar-refractivity contribution in [2.24, 2.45) is 0 Å². The van der Waals surface area contributed by atoms with Gasteiger partial charge in [0.1, 0.15) is 18.5 Å². The maximum atomic E-state index is 10.3. The molecule has 0 amide bonds. The molecule has 1 aromatic heterocycles. The Labute approximate surface area is 179 Å². The van der Waals surface area contributed by atoms with Crippen LogP contribution in [-0.2, 0) is 0 Å². The van der Waals surface area contributed by atoms with E-state index in [0.717, 1.165) is 36.5 Å². The molecule has 5 nitrogen and oxygen atoms in total. The van der Waals surface area contributed by atoms with E-state index in [1.807, 2.05) is 18.2 Å². The SMILES string of the molecule is N#Cc1ccc(OCC(O)CN2CCC(c3nc4cc(Cl)ccc4s3)CC2)cc1. The molecule has 29 heavy (non-hydrogen) atoms. The van der Waals surface area contributed by atoms with E-state index in [-0.39, 0.29) is 6.61 Å². The summed E-state index contributed by atoms with van der Waals surface area (Å²) in [7, 11) is 0. The van der Waals surface area contributed by atoms with Crippen molar-refractivity contribution in [2.45, 2.75) is 24.9 Å². The molecule has 1 saturated heterocycles. The van der Waals surface area contributed by atoms with Crippen LogP contribution in [-0.4, -0.2) is 47.3 Å². The molecule has 2 aromatic carbocycles. The van der Waals surface area contributed by atoms with E-state index in [0.29, 0.717) is 23.8 Å². The number of likely N-dealkylation sites (tertiary alicyclic amines) is 1. The van der Waals surface area contributed by atoms with E-state index in [1.54, 1.807) is 35.6 Å². The molecule has 3 aromatic rings. The number of halogens is 1. The minimum Gasteiger partial charge on any atom is -0.491 e. The Balaban J connectivity index is 1.25. The van der Waals surface area contributed by atoms with E-state index in [4.69, 9.17) is 26.6 Å². The lowest BCUT2D eigenvalue weighted by Crippen LogP contribution is -2.40. The number of aromatic nitrogens is 1. The molecule has 150 valence electrons. The zero-order valence-corrected chi connectivity index (χ0v) is 17.5. The Morgan fingerprint density at radius 3 is 2.72 bits per heavy atom. The van der Waals surface area contributed by atoms with Crippen LogP contribution in [0, 0.1) is 11.3 Å². The number of hydrogen-bond donors (Lipinski definition) is 1. The van der Waals surface area contributed by atoms with Crippen LogP contribution in [0.5, 0.6) is 5.75 Å². The maximum absolute atomic E-state index is 10.3. The summed E-state index contributed by atoms with van der Waals surface area (Å²) in [5.74, 6) is 1.13. The van der Waals surface area contributed by atoms with Crippen molar-refractivity contribution in [3.8, 4) is 11.8 Å². The van der Waals surface area contributed by atoms with Gasteiger partial charge in [-0.3, -0.25) is 0 Å². The van der Waals surface area contributed by atoms with Crippen LogP contribution in [0.1, 0.15) is 29.3 Å². The van der Waals surface area contributed by atoms with Crippen LogP contribution in [0.4, 0.5) is 0 Å². The number of nitriles is 1. The largest absolute Gasteiger partial charge is 0.491 e. The van der Waals surface area contributed by atoms with E-state index >= 15 is 0 Å². The monoisotopic (exact) mass is 427 g/mol. The van der Waals surface area contributed by atoms with Crippen molar-refractivity contribution in [1.29, 1.82) is 5.26 Å². The predicted octanol–water partition coefficient (Wildman–Crippen LogP) is 4.44. The number of β-amino-alcohol motifs (C(OH)–C–C–N with tert-alkyl or cyclic N) is 1. The smallest absolute Gasteiger partial charge is 0.119 e. The fourth-order valence-electron chi connectivity index (χ4n) is 3.62. The second-order valence-corrected chi connectivity index (χ2v) is 8.84. The second kappa shape index (κ2) is 9.10. The maximum Gasteiger partial charge on any atom is 0.119 e. The van der Waals surface area contributed by atoms with Crippen LogP contribution in [0.2, 0.25) is 5.02 Å². The molecule has 0 aliphatic carbocycles. The van der Waals surface area contributed by atoms with Crippen LogP contribution in [0.15, 0.2) is 42.5 Å². The van der Waals surface area contributed by atoms with Crippen LogP contribution in [0.25, 0.3) is 10.2 Å². The molecule has 4 rings (SSSR count).